The fraction of sp³-hybridized carbons (Fsp3) is 0.444. The first-order valence-electron chi connectivity index (χ1n) is 8.00. The standard InChI is InChI=1S/C18H25N3O3/c1-6-21(11-15(22)14-9-7-12(2)8-10-14)17(23)16-13(3)19-20(4)18(16)24-5/h7-10,15,22H,6,11H2,1-5H3/t15-/m1/s1. The van der Waals surface area contributed by atoms with Crippen molar-refractivity contribution in [3.8, 4) is 5.88 Å². The molecule has 1 amide bonds. The minimum Gasteiger partial charge on any atom is -0.481 e. The van der Waals surface area contributed by atoms with E-state index < -0.39 is 6.10 Å². The molecule has 24 heavy (non-hydrogen) atoms. The van der Waals surface area contributed by atoms with Gasteiger partial charge in [-0.1, -0.05) is 29.8 Å². The molecule has 6 heteroatoms. The Morgan fingerprint density at radius 3 is 2.50 bits per heavy atom. The third-order valence-electron chi connectivity index (χ3n) is 4.10. The average Bonchev–Trinajstić information content (AvgIpc) is 2.85. The second-order valence-electron chi connectivity index (χ2n) is 5.86. The monoisotopic (exact) mass is 331 g/mol. The Bertz CT molecular complexity index is 707. The largest absolute Gasteiger partial charge is 0.481 e. The number of carbonyl (C=O) groups excluding carboxylic acids is 1. The minimum absolute atomic E-state index is 0.189. The van der Waals surface area contributed by atoms with Gasteiger partial charge >= 0.3 is 0 Å². The highest BCUT2D eigenvalue weighted by molar-refractivity contribution is 5.97. The summed E-state index contributed by atoms with van der Waals surface area (Å²) in [5.74, 6) is 0.242. The summed E-state index contributed by atoms with van der Waals surface area (Å²) in [7, 11) is 3.25. The highest BCUT2D eigenvalue weighted by Crippen LogP contribution is 2.24. The van der Waals surface area contributed by atoms with Crippen molar-refractivity contribution in [1.29, 1.82) is 0 Å². The summed E-state index contributed by atoms with van der Waals surface area (Å²) in [4.78, 5) is 14.5. The smallest absolute Gasteiger partial charge is 0.261 e. The Morgan fingerprint density at radius 2 is 1.96 bits per heavy atom. The van der Waals surface area contributed by atoms with Gasteiger partial charge in [0, 0.05) is 13.6 Å². The highest BCUT2D eigenvalue weighted by Gasteiger charge is 2.26. The molecular formula is C18H25N3O3. The lowest BCUT2D eigenvalue weighted by Gasteiger charge is -2.24. The quantitative estimate of drug-likeness (QED) is 0.881. The van der Waals surface area contributed by atoms with E-state index in [1.807, 2.05) is 38.1 Å². The minimum atomic E-state index is -0.738. The highest BCUT2D eigenvalue weighted by atomic mass is 16.5. The number of hydrogen-bond donors (Lipinski definition) is 1. The number of aliphatic hydroxyl groups excluding tert-OH is 1. The molecule has 0 saturated carbocycles. The normalized spacial score (nSPS) is 12.1. The summed E-state index contributed by atoms with van der Waals surface area (Å²) in [5, 5.41) is 14.7. The molecule has 0 radical (unpaired) electrons. The van der Waals surface area contributed by atoms with Gasteiger partial charge in [-0.2, -0.15) is 5.10 Å². The molecule has 0 aliphatic heterocycles. The van der Waals surface area contributed by atoms with E-state index in [-0.39, 0.29) is 12.5 Å². The van der Waals surface area contributed by atoms with Gasteiger partial charge in [-0.15, -0.1) is 0 Å². The molecule has 1 aromatic heterocycles. The summed E-state index contributed by atoms with van der Waals surface area (Å²) >= 11 is 0. The zero-order valence-corrected chi connectivity index (χ0v) is 14.9. The Morgan fingerprint density at radius 1 is 1.33 bits per heavy atom. The molecular weight excluding hydrogens is 306 g/mol. The Labute approximate surface area is 142 Å². The van der Waals surface area contributed by atoms with Crippen LogP contribution < -0.4 is 4.74 Å². The van der Waals surface area contributed by atoms with E-state index in [1.54, 1.807) is 23.6 Å². The van der Waals surface area contributed by atoms with E-state index in [2.05, 4.69) is 5.10 Å². The van der Waals surface area contributed by atoms with Crippen molar-refractivity contribution in [2.24, 2.45) is 7.05 Å². The summed E-state index contributed by atoms with van der Waals surface area (Å²) in [6.45, 7) is 6.36. The number of likely N-dealkylation sites (N-methyl/N-ethyl adjacent to an activating group) is 1. The van der Waals surface area contributed by atoms with Crippen LogP contribution in [-0.4, -0.2) is 45.9 Å². The molecule has 1 N–H and O–H groups in total. The van der Waals surface area contributed by atoms with E-state index in [9.17, 15) is 9.90 Å². The van der Waals surface area contributed by atoms with E-state index >= 15 is 0 Å². The number of aliphatic hydroxyl groups is 1. The van der Waals surface area contributed by atoms with Gasteiger partial charge in [0.05, 0.1) is 25.5 Å². The van der Waals surface area contributed by atoms with E-state index in [4.69, 9.17) is 4.74 Å². The van der Waals surface area contributed by atoms with Crippen molar-refractivity contribution in [2.45, 2.75) is 26.9 Å². The van der Waals surface area contributed by atoms with Gasteiger partial charge in [0.25, 0.3) is 5.91 Å². The fourth-order valence-electron chi connectivity index (χ4n) is 2.73. The van der Waals surface area contributed by atoms with Crippen LogP contribution in [0, 0.1) is 13.8 Å². The van der Waals surface area contributed by atoms with Gasteiger partial charge in [-0.3, -0.25) is 4.79 Å². The van der Waals surface area contributed by atoms with Gasteiger partial charge in [-0.25, -0.2) is 4.68 Å². The van der Waals surface area contributed by atoms with Crippen LogP contribution in [0.15, 0.2) is 24.3 Å². The molecule has 0 bridgehead atoms. The molecule has 130 valence electrons. The molecule has 2 aromatic rings. The lowest BCUT2D eigenvalue weighted by atomic mass is 10.1. The second-order valence-corrected chi connectivity index (χ2v) is 5.86. The molecule has 0 saturated heterocycles. The molecule has 0 aliphatic carbocycles. The molecule has 0 fully saturated rings. The van der Waals surface area contributed by atoms with Crippen molar-refractivity contribution in [1.82, 2.24) is 14.7 Å². The third-order valence-corrected chi connectivity index (χ3v) is 4.10. The Hall–Kier alpha value is -2.34. The molecule has 6 nitrogen and oxygen atoms in total. The Balaban J connectivity index is 2.22. The number of nitrogens with zero attached hydrogens (tertiary/aromatic N) is 3. The van der Waals surface area contributed by atoms with Gasteiger partial charge < -0.3 is 14.7 Å². The summed E-state index contributed by atoms with van der Waals surface area (Å²) in [6.07, 6.45) is -0.738. The predicted molar refractivity (Wildman–Crippen MR) is 92.2 cm³/mol. The summed E-state index contributed by atoms with van der Waals surface area (Å²) < 4.78 is 6.85. The van der Waals surface area contributed by atoms with E-state index in [0.717, 1.165) is 11.1 Å². The first-order valence-corrected chi connectivity index (χ1v) is 8.00. The average molecular weight is 331 g/mol. The maximum absolute atomic E-state index is 12.9. The lowest BCUT2D eigenvalue weighted by molar-refractivity contribution is 0.0631. The topological polar surface area (TPSA) is 67.6 Å². The first kappa shape index (κ1) is 18.0. The number of hydrogen-bond acceptors (Lipinski definition) is 4. The molecule has 1 atom stereocenters. The number of amides is 1. The number of aromatic nitrogens is 2. The van der Waals surface area contributed by atoms with Crippen molar-refractivity contribution >= 4 is 5.91 Å². The molecule has 0 unspecified atom stereocenters. The molecule has 2 rings (SSSR count). The molecule has 0 aliphatic rings. The van der Waals surface area contributed by atoms with Crippen LogP contribution in [0.4, 0.5) is 0 Å². The lowest BCUT2D eigenvalue weighted by Crippen LogP contribution is -2.35. The van der Waals surface area contributed by atoms with Gasteiger partial charge in [0.15, 0.2) is 0 Å². The van der Waals surface area contributed by atoms with Crippen molar-refractivity contribution < 1.29 is 14.6 Å². The van der Waals surface area contributed by atoms with Gasteiger partial charge in [0.2, 0.25) is 5.88 Å². The number of ether oxygens (including phenoxy) is 1. The van der Waals surface area contributed by atoms with Crippen molar-refractivity contribution in [2.75, 3.05) is 20.2 Å². The summed E-state index contributed by atoms with van der Waals surface area (Å²) in [5.41, 5.74) is 2.98. The maximum atomic E-state index is 12.9. The Kier molecular flexibility index (Phi) is 5.62. The van der Waals surface area contributed by atoms with Crippen LogP contribution in [0.5, 0.6) is 5.88 Å². The van der Waals surface area contributed by atoms with Crippen molar-refractivity contribution in [3.05, 3.63) is 46.6 Å². The fourth-order valence-corrected chi connectivity index (χ4v) is 2.73. The molecule has 0 spiro atoms. The SMILES string of the molecule is CCN(C[C@@H](O)c1ccc(C)cc1)C(=O)c1c(C)nn(C)c1OC. The van der Waals surface area contributed by atoms with Gasteiger partial charge in [-0.05, 0) is 26.3 Å². The molecule has 1 aromatic carbocycles. The van der Waals surface area contributed by atoms with Crippen LogP contribution in [0.3, 0.4) is 0 Å². The molecule has 1 heterocycles. The van der Waals surface area contributed by atoms with Crippen LogP contribution in [-0.2, 0) is 7.05 Å². The van der Waals surface area contributed by atoms with Crippen molar-refractivity contribution in [3.63, 3.8) is 0 Å². The third kappa shape index (κ3) is 3.59. The maximum Gasteiger partial charge on any atom is 0.261 e. The van der Waals surface area contributed by atoms with Crippen LogP contribution >= 0.6 is 0 Å². The summed E-state index contributed by atoms with van der Waals surface area (Å²) in [6, 6.07) is 7.67. The van der Waals surface area contributed by atoms with E-state index in [0.29, 0.717) is 23.7 Å². The number of methoxy groups -OCH3 is 1. The number of rotatable bonds is 6. The van der Waals surface area contributed by atoms with Gasteiger partial charge in [0.1, 0.15) is 5.56 Å². The number of carbonyl (C=O) groups is 1. The van der Waals surface area contributed by atoms with Crippen LogP contribution in [0.2, 0.25) is 0 Å². The second kappa shape index (κ2) is 7.49. The zero-order chi connectivity index (χ0) is 17.9. The van der Waals surface area contributed by atoms with E-state index in [1.165, 1.54) is 7.11 Å². The first-order chi connectivity index (χ1) is 11.4. The van der Waals surface area contributed by atoms with Crippen LogP contribution in [0.25, 0.3) is 0 Å². The predicted octanol–water partition coefficient (Wildman–Crippen LogP) is 2.24. The zero-order valence-electron chi connectivity index (χ0n) is 14.9. The number of aryl methyl sites for hydroxylation is 3. The van der Waals surface area contributed by atoms with Crippen LogP contribution in [0.1, 0.15) is 40.2 Å². The number of benzene rings is 1.